The zero-order valence-corrected chi connectivity index (χ0v) is 14.0. The molecule has 2 heterocycles. The molecule has 1 aromatic heterocycles. The zero-order valence-electron chi connectivity index (χ0n) is 14.0. The summed E-state index contributed by atoms with van der Waals surface area (Å²) < 4.78 is 5.37. The van der Waals surface area contributed by atoms with Crippen LogP contribution in [-0.2, 0) is 4.79 Å². The van der Waals surface area contributed by atoms with Gasteiger partial charge in [0.05, 0.1) is 18.6 Å². The van der Waals surface area contributed by atoms with E-state index >= 15 is 0 Å². The molecule has 1 amide bonds. The van der Waals surface area contributed by atoms with E-state index in [0.717, 1.165) is 17.5 Å². The molecule has 0 bridgehead atoms. The molecule has 1 atom stereocenters. The van der Waals surface area contributed by atoms with Crippen molar-refractivity contribution in [2.75, 3.05) is 25.0 Å². The second-order valence-electron chi connectivity index (χ2n) is 6.37. The number of aromatic nitrogens is 2. The van der Waals surface area contributed by atoms with E-state index in [0.29, 0.717) is 31.3 Å². The first-order chi connectivity index (χ1) is 11.5. The average molecular weight is 330 g/mol. The number of piperidine rings is 1. The molecule has 1 saturated heterocycles. The third-order valence-electron chi connectivity index (χ3n) is 4.32. The molecule has 0 saturated carbocycles. The van der Waals surface area contributed by atoms with Gasteiger partial charge in [0, 0.05) is 19.2 Å². The Kier molecular flexibility index (Phi) is 4.53. The van der Waals surface area contributed by atoms with Gasteiger partial charge >= 0.3 is 6.01 Å². The van der Waals surface area contributed by atoms with Crippen LogP contribution in [0.4, 0.5) is 6.01 Å². The second kappa shape index (κ2) is 6.60. The third-order valence-corrected chi connectivity index (χ3v) is 4.32. The van der Waals surface area contributed by atoms with Crippen molar-refractivity contribution in [1.82, 2.24) is 15.5 Å². The number of carbonyl (C=O) groups is 1. The first kappa shape index (κ1) is 16.4. The molecular weight excluding hydrogens is 308 g/mol. The molecule has 3 rings (SSSR count). The Balaban J connectivity index is 1.74. The predicted molar refractivity (Wildman–Crippen MR) is 89.6 cm³/mol. The quantitative estimate of drug-likeness (QED) is 0.883. The minimum Gasteiger partial charge on any atom is -0.387 e. The van der Waals surface area contributed by atoms with Crippen molar-refractivity contribution in [1.29, 1.82) is 0 Å². The van der Waals surface area contributed by atoms with Crippen molar-refractivity contribution in [3.8, 4) is 11.4 Å². The number of nitrogens with zero attached hydrogens (tertiary/aromatic N) is 3. The fourth-order valence-corrected chi connectivity index (χ4v) is 2.97. The van der Waals surface area contributed by atoms with E-state index in [1.165, 1.54) is 0 Å². The normalized spacial score (nSPS) is 20.9. The maximum absolute atomic E-state index is 11.6. The number of amides is 1. The smallest absolute Gasteiger partial charge is 0.324 e. The number of hydrogen-bond acceptors (Lipinski definition) is 6. The number of nitrogens with one attached hydrogen (secondary N) is 1. The maximum Gasteiger partial charge on any atom is 0.324 e. The van der Waals surface area contributed by atoms with Crippen LogP contribution in [0.15, 0.2) is 28.8 Å². The molecule has 1 aliphatic rings. The van der Waals surface area contributed by atoms with E-state index in [-0.39, 0.29) is 12.3 Å². The monoisotopic (exact) mass is 330 g/mol. The number of anilines is 1. The van der Waals surface area contributed by atoms with Crippen molar-refractivity contribution in [2.24, 2.45) is 0 Å². The van der Waals surface area contributed by atoms with E-state index in [9.17, 15) is 9.90 Å². The number of rotatable bonds is 4. The van der Waals surface area contributed by atoms with E-state index in [2.05, 4.69) is 15.5 Å². The summed E-state index contributed by atoms with van der Waals surface area (Å²) in [5.41, 5.74) is 0.975. The molecule has 24 heavy (non-hydrogen) atoms. The highest BCUT2D eigenvalue weighted by Gasteiger charge is 2.36. The van der Waals surface area contributed by atoms with Crippen LogP contribution in [0.25, 0.3) is 11.4 Å². The number of benzene rings is 1. The Morgan fingerprint density at radius 1 is 1.42 bits per heavy atom. The number of aryl methyl sites for hydroxylation is 1. The van der Waals surface area contributed by atoms with Gasteiger partial charge < -0.3 is 19.8 Å². The SMILES string of the molecule is CNC(=O)CC1(O)CCCN(c2nc(-c3ccc(C)cc3)no2)C1. The van der Waals surface area contributed by atoms with Gasteiger partial charge in [0.2, 0.25) is 11.7 Å². The standard InChI is InChI=1S/C17H22N4O3/c1-12-4-6-13(7-5-12)15-19-16(24-20-15)21-9-3-8-17(23,11-21)10-14(22)18-2/h4-7,23H,3,8-11H2,1-2H3,(H,18,22). The van der Waals surface area contributed by atoms with Gasteiger partial charge in [-0.3, -0.25) is 4.79 Å². The molecule has 128 valence electrons. The van der Waals surface area contributed by atoms with Gasteiger partial charge in [0.25, 0.3) is 0 Å². The summed E-state index contributed by atoms with van der Waals surface area (Å²) >= 11 is 0. The highest BCUT2D eigenvalue weighted by atomic mass is 16.5. The Bertz CT molecular complexity index is 713. The lowest BCUT2D eigenvalue weighted by Gasteiger charge is -2.37. The van der Waals surface area contributed by atoms with Crippen molar-refractivity contribution in [2.45, 2.75) is 31.8 Å². The van der Waals surface area contributed by atoms with E-state index in [1.807, 2.05) is 36.1 Å². The Labute approximate surface area is 140 Å². The van der Waals surface area contributed by atoms with Crippen molar-refractivity contribution in [3.63, 3.8) is 0 Å². The fourth-order valence-electron chi connectivity index (χ4n) is 2.97. The van der Waals surface area contributed by atoms with Gasteiger partial charge in [-0.25, -0.2) is 0 Å². The van der Waals surface area contributed by atoms with Gasteiger partial charge in [-0.05, 0) is 19.8 Å². The molecule has 7 nitrogen and oxygen atoms in total. The summed E-state index contributed by atoms with van der Waals surface area (Å²) in [7, 11) is 1.57. The van der Waals surface area contributed by atoms with E-state index in [1.54, 1.807) is 7.05 Å². The lowest BCUT2D eigenvalue weighted by Crippen LogP contribution is -2.50. The largest absolute Gasteiger partial charge is 0.387 e. The van der Waals surface area contributed by atoms with Crippen LogP contribution in [0.3, 0.4) is 0 Å². The number of carbonyl (C=O) groups excluding carboxylic acids is 1. The van der Waals surface area contributed by atoms with Crippen LogP contribution in [0, 0.1) is 6.92 Å². The molecule has 0 radical (unpaired) electrons. The minimum atomic E-state index is -1.07. The predicted octanol–water partition coefficient (Wildman–Crippen LogP) is 1.51. The Hall–Kier alpha value is -2.41. The van der Waals surface area contributed by atoms with Gasteiger partial charge in [-0.1, -0.05) is 35.0 Å². The molecular formula is C17H22N4O3. The highest BCUT2D eigenvalue weighted by Crippen LogP contribution is 2.28. The average Bonchev–Trinajstić information content (AvgIpc) is 3.05. The maximum atomic E-state index is 11.6. The zero-order chi connectivity index (χ0) is 17.2. The second-order valence-corrected chi connectivity index (χ2v) is 6.37. The van der Waals surface area contributed by atoms with Gasteiger partial charge in [0.1, 0.15) is 0 Å². The van der Waals surface area contributed by atoms with Crippen LogP contribution in [-0.4, -0.2) is 46.9 Å². The summed E-state index contributed by atoms with van der Waals surface area (Å²) in [6.45, 7) is 3.04. The lowest BCUT2D eigenvalue weighted by molar-refractivity contribution is -0.126. The summed E-state index contributed by atoms with van der Waals surface area (Å²) in [4.78, 5) is 17.9. The molecule has 0 spiro atoms. The molecule has 1 unspecified atom stereocenters. The molecule has 0 aliphatic carbocycles. The van der Waals surface area contributed by atoms with Crippen molar-refractivity contribution >= 4 is 11.9 Å². The molecule has 2 aromatic rings. The lowest BCUT2D eigenvalue weighted by atomic mass is 9.89. The molecule has 7 heteroatoms. The van der Waals surface area contributed by atoms with E-state index in [4.69, 9.17) is 4.52 Å². The number of hydrogen-bond donors (Lipinski definition) is 2. The highest BCUT2D eigenvalue weighted by molar-refractivity contribution is 5.76. The number of aliphatic hydroxyl groups is 1. The summed E-state index contributed by atoms with van der Waals surface area (Å²) in [5, 5.41) is 17.2. The summed E-state index contributed by atoms with van der Waals surface area (Å²) in [6, 6.07) is 8.26. The summed E-state index contributed by atoms with van der Waals surface area (Å²) in [5.74, 6) is 0.343. The third kappa shape index (κ3) is 3.56. The molecule has 1 fully saturated rings. The first-order valence-electron chi connectivity index (χ1n) is 8.08. The fraction of sp³-hybridized carbons (Fsp3) is 0.471. The van der Waals surface area contributed by atoms with Crippen LogP contribution < -0.4 is 10.2 Å². The van der Waals surface area contributed by atoms with E-state index < -0.39 is 5.60 Å². The van der Waals surface area contributed by atoms with Crippen LogP contribution in [0.2, 0.25) is 0 Å². The van der Waals surface area contributed by atoms with Crippen LogP contribution >= 0.6 is 0 Å². The van der Waals surface area contributed by atoms with Gasteiger partial charge in [-0.15, -0.1) is 0 Å². The first-order valence-corrected chi connectivity index (χ1v) is 8.08. The molecule has 2 N–H and O–H groups in total. The van der Waals surface area contributed by atoms with Gasteiger partial charge in [0.15, 0.2) is 0 Å². The topological polar surface area (TPSA) is 91.5 Å². The molecule has 1 aromatic carbocycles. The van der Waals surface area contributed by atoms with Crippen LogP contribution in [0.5, 0.6) is 0 Å². The summed E-state index contributed by atoms with van der Waals surface area (Å²) in [6.07, 6.45) is 1.41. The van der Waals surface area contributed by atoms with Crippen molar-refractivity contribution in [3.05, 3.63) is 29.8 Å². The molecule has 1 aliphatic heterocycles. The number of β-amino-alcohol motifs (C(OH)–C–C–N with tert-alkyl or cyclic N) is 1. The van der Waals surface area contributed by atoms with Gasteiger partial charge in [-0.2, -0.15) is 4.98 Å². The Morgan fingerprint density at radius 2 is 2.17 bits per heavy atom. The minimum absolute atomic E-state index is 0.0684. The Morgan fingerprint density at radius 3 is 2.88 bits per heavy atom. The van der Waals surface area contributed by atoms with Crippen molar-refractivity contribution < 1.29 is 14.4 Å². The van der Waals surface area contributed by atoms with Crippen LogP contribution in [0.1, 0.15) is 24.8 Å².